The van der Waals surface area contributed by atoms with Crippen LogP contribution in [0.15, 0.2) is 52.5 Å². The molecule has 15 nitrogen and oxygen atoms in total. The highest BCUT2D eigenvalue weighted by Gasteiger charge is 2.47. The Morgan fingerprint density at radius 1 is 1.02 bits per heavy atom. The average molecular weight is 826 g/mol. The molecule has 308 valence electrons. The average Bonchev–Trinajstić information content (AvgIpc) is 3.83. The van der Waals surface area contributed by atoms with Crippen LogP contribution in [0.5, 0.6) is 5.88 Å². The number of ketones is 1. The number of rotatable bonds is 14. The number of pyridine rings is 1. The molecule has 2 aliphatic heterocycles. The summed E-state index contributed by atoms with van der Waals surface area (Å²) in [6.07, 6.45) is 7.19. The van der Waals surface area contributed by atoms with Crippen molar-refractivity contribution in [3.8, 4) is 5.88 Å². The molecule has 0 radical (unpaired) electrons. The fourth-order valence-corrected chi connectivity index (χ4v) is 9.04. The number of hydrogen-bond donors (Lipinski definition) is 4. The number of likely N-dealkylation sites (tertiary alicyclic amines) is 1. The number of amidine groups is 1. The second-order valence-corrected chi connectivity index (χ2v) is 18.6. The molecule has 3 heterocycles. The molecule has 1 aromatic carbocycles. The third-order valence-corrected chi connectivity index (χ3v) is 12.5. The summed E-state index contributed by atoms with van der Waals surface area (Å²) in [4.78, 5) is 79.9. The van der Waals surface area contributed by atoms with Crippen molar-refractivity contribution in [1.29, 1.82) is 0 Å². The van der Waals surface area contributed by atoms with Crippen LogP contribution >= 0.6 is 11.6 Å². The van der Waals surface area contributed by atoms with E-state index in [2.05, 4.69) is 25.7 Å². The molecule has 4 N–H and O–H groups in total. The molecule has 17 heteroatoms. The molecule has 1 aromatic heterocycles. The Kier molecular flexibility index (Phi) is 12.9. The monoisotopic (exact) mass is 825 g/mol. The minimum atomic E-state index is -3.87. The van der Waals surface area contributed by atoms with Crippen molar-refractivity contribution in [2.75, 3.05) is 6.54 Å². The lowest BCUT2D eigenvalue weighted by atomic mass is 9.82. The Bertz CT molecular complexity index is 1990. The maximum atomic E-state index is 14.8. The van der Waals surface area contributed by atoms with Crippen molar-refractivity contribution < 1.29 is 37.1 Å². The molecule has 3 fully saturated rings. The van der Waals surface area contributed by atoms with Crippen molar-refractivity contribution in [1.82, 2.24) is 30.6 Å². The predicted octanol–water partition coefficient (Wildman–Crippen LogP) is 3.43. The van der Waals surface area contributed by atoms with Gasteiger partial charge in [-0.1, -0.05) is 77.1 Å². The fraction of sp³-hybridized carbons (Fsp3) is 0.575. The molecule has 1 saturated heterocycles. The Hall–Kier alpha value is -4.57. The first-order chi connectivity index (χ1) is 27.0. The number of ether oxygens (including phenoxy) is 1. The van der Waals surface area contributed by atoms with E-state index in [1.165, 1.54) is 17.2 Å². The largest absolute Gasteiger partial charge is 0.472 e. The Balaban J connectivity index is 1.28. The van der Waals surface area contributed by atoms with Gasteiger partial charge in [0.2, 0.25) is 29.4 Å². The van der Waals surface area contributed by atoms with Gasteiger partial charge >= 0.3 is 0 Å². The van der Waals surface area contributed by atoms with Crippen LogP contribution in [-0.2, 0) is 34.0 Å². The van der Waals surface area contributed by atoms with Gasteiger partial charge in [-0.2, -0.15) is 0 Å². The van der Waals surface area contributed by atoms with Crippen molar-refractivity contribution in [2.45, 2.75) is 133 Å². The van der Waals surface area contributed by atoms with Crippen LogP contribution < -0.4 is 25.4 Å². The highest BCUT2D eigenvalue weighted by atomic mass is 35.5. The molecule has 2 aliphatic carbocycles. The summed E-state index contributed by atoms with van der Waals surface area (Å²) >= 11 is 6.03. The van der Waals surface area contributed by atoms with Crippen LogP contribution in [0, 0.1) is 11.3 Å². The van der Waals surface area contributed by atoms with Crippen LogP contribution in [0.25, 0.3) is 0 Å². The number of benzene rings is 1. The van der Waals surface area contributed by atoms with Gasteiger partial charge in [-0.05, 0) is 61.6 Å². The second-order valence-electron chi connectivity index (χ2n) is 16.5. The number of carbonyl (C=O) groups is 5. The van der Waals surface area contributed by atoms with Gasteiger partial charge in [0.25, 0.3) is 15.9 Å². The predicted molar refractivity (Wildman–Crippen MR) is 212 cm³/mol. The lowest BCUT2D eigenvalue weighted by molar-refractivity contribution is -0.145. The standard InChI is InChI=1S/C40H52ClN7O8S/c1-5-11-28(33(49)38(52)43-25-17-18-25)44-36(50)29-20-26(56-31-19-16-24(41)21-42-31)22-48(29)39(53)34(40(2,3)4)46-37(51)32(23-12-7-6-8-13-23)45-35-27-14-9-10-15-30(27)57(54,55)47-35/h9-10,14-16,19,21,23,25-26,28-29,32,34H,5-8,11-13,17-18,20,22H2,1-4H3,(H,43,52)(H,44,50)(H,45,47)(H,46,51)/t26-,28?,29+,32+,34?/m1/s1. The Morgan fingerprint density at radius 2 is 1.74 bits per heavy atom. The van der Waals surface area contributed by atoms with Crippen LogP contribution in [-0.4, -0.2) is 96.4 Å². The maximum Gasteiger partial charge on any atom is 0.289 e. The van der Waals surface area contributed by atoms with Gasteiger partial charge in [-0.15, -0.1) is 0 Å². The number of sulfonamides is 1. The number of carbonyl (C=O) groups excluding carboxylic acids is 5. The van der Waals surface area contributed by atoms with Crippen LogP contribution in [0.1, 0.15) is 97.5 Å². The zero-order valence-corrected chi connectivity index (χ0v) is 34.3. The van der Waals surface area contributed by atoms with Gasteiger partial charge in [-0.25, -0.2) is 13.4 Å². The first-order valence-corrected chi connectivity index (χ1v) is 21.7. The summed E-state index contributed by atoms with van der Waals surface area (Å²) in [7, 11) is -3.87. The molecular weight excluding hydrogens is 774 g/mol. The summed E-state index contributed by atoms with van der Waals surface area (Å²) in [6.45, 7) is 7.17. The number of nitrogens with zero attached hydrogens (tertiary/aromatic N) is 3. The smallest absolute Gasteiger partial charge is 0.289 e. The summed E-state index contributed by atoms with van der Waals surface area (Å²) in [5.41, 5.74) is -0.510. The summed E-state index contributed by atoms with van der Waals surface area (Å²) in [5.74, 6) is -3.16. The van der Waals surface area contributed by atoms with E-state index < -0.39 is 75.1 Å². The fourth-order valence-electron chi connectivity index (χ4n) is 7.68. The Labute approximate surface area is 338 Å². The van der Waals surface area contributed by atoms with Gasteiger partial charge < -0.3 is 25.6 Å². The lowest BCUT2D eigenvalue weighted by Crippen LogP contribution is -2.60. The van der Waals surface area contributed by atoms with Crippen molar-refractivity contribution in [3.05, 3.63) is 53.2 Å². The number of halogens is 1. The van der Waals surface area contributed by atoms with E-state index in [9.17, 15) is 32.4 Å². The molecule has 57 heavy (non-hydrogen) atoms. The summed E-state index contributed by atoms with van der Waals surface area (Å²) in [5, 5.41) is 8.82. The minimum absolute atomic E-state index is 0.0336. The second kappa shape index (κ2) is 17.5. The third-order valence-electron chi connectivity index (χ3n) is 10.9. The molecule has 2 aromatic rings. The van der Waals surface area contributed by atoms with Crippen LogP contribution in [0.3, 0.4) is 0 Å². The van der Waals surface area contributed by atoms with Crippen molar-refractivity contribution in [2.24, 2.45) is 16.3 Å². The minimum Gasteiger partial charge on any atom is -0.472 e. The Morgan fingerprint density at radius 3 is 2.39 bits per heavy atom. The van der Waals surface area contributed by atoms with Gasteiger partial charge in [0.15, 0.2) is 0 Å². The molecule has 2 unspecified atom stereocenters. The number of nitrogens with one attached hydrogen (secondary N) is 4. The third kappa shape index (κ3) is 10.1. The van der Waals surface area contributed by atoms with Crippen LogP contribution in [0.4, 0.5) is 0 Å². The first kappa shape index (κ1) is 42.0. The van der Waals surface area contributed by atoms with Crippen LogP contribution in [0.2, 0.25) is 5.02 Å². The van der Waals surface area contributed by atoms with E-state index >= 15 is 0 Å². The zero-order chi connectivity index (χ0) is 41.1. The number of hydrogen-bond acceptors (Lipinski definition) is 10. The number of aliphatic imine (C=N–C) groups is 1. The maximum absolute atomic E-state index is 14.8. The molecule has 0 spiro atoms. The van der Waals surface area contributed by atoms with Gasteiger partial charge in [-0.3, -0.25) is 33.7 Å². The highest BCUT2D eigenvalue weighted by Crippen LogP contribution is 2.32. The molecule has 0 bridgehead atoms. The number of amides is 4. The topological polar surface area (TPSA) is 205 Å². The zero-order valence-electron chi connectivity index (χ0n) is 32.8. The van der Waals surface area contributed by atoms with Gasteiger partial charge in [0.05, 0.1) is 22.5 Å². The summed E-state index contributed by atoms with van der Waals surface area (Å²) < 4.78 is 34.6. The SMILES string of the molecule is CCCC(NC(=O)[C@@H]1C[C@@H](Oc2ccc(Cl)cn2)CN1C(=O)C(NC(=O)[C@@H](N=C1NS(=O)(=O)c2ccccc21)C1CCCCC1)C(C)(C)C)C(=O)C(=O)NC1CC1. The molecule has 4 amide bonds. The van der Waals surface area contributed by atoms with Crippen molar-refractivity contribution in [3.63, 3.8) is 0 Å². The van der Waals surface area contributed by atoms with E-state index in [1.54, 1.807) is 51.1 Å². The number of aromatic nitrogens is 1. The van der Waals surface area contributed by atoms with E-state index in [0.717, 1.165) is 32.1 Å². The normalized spacial score (nSPS) is 22.8. The highest BCUT2D eigenvalue weighted by molar-refractivity contribution is 7.90. The quantitative estimate of drug-likeness (QED) is 0.206. The van der Waals surface area contributed by atoms with E-state index in [-0.39, 0.29) is 48.0 Å². The molecule has 5 atom stereocenters. The molecular formula is C40H52ClN7O8S. The molecule has 2 saturated carbocycles. The van der Waals surface area contributed by atoms with Crippen molar-refractivity contribution >= 4 is 56.9 Å². The molecule has 4 aliphatic rings. The van der Waals surface area contributed by atoms with Gasteiger partial charge in [0.1, 0.15) is 30.1 Å². The van der Waals surface area contributed by atoms with E-state index in [4.69, 9.17) is 21.3 Å². The van der Waals surface area contributed by atoms with Gasteiger partial charge in [0, 0.05) is 30.3 Å². The van der Waals surface area contributed by atoms with E-state index in [0.29, 0.717) is 29.8 Å². The number of fused-ring (bicyclic) bond motifs is 1. The lowest BCUT2D eigenvalue weighted by Gasteiger charge is -2.37. The summed E-state index contributed by atoms with van der Waals surface area (Å²) in [6, 6.07) is 5.15. The van der Waals surface area contributed by atoms with E-state index in [1.807, 2.05) is 6.92 Å². The first-order valence-electron chi connectivity index (χ1n) is 19.8. The number of Topliss-reactive ketones (excluding diaryl/α,β-unsaturated/α-hetero) is 1. The molecule has 6 rings (SSSR count).